The van der Waals surface area contributed by atoms with Crippen LogP contribution >= 0.6 is 11.3 Å². The molecule has 0 bridgehead atoms. The molecule has 2 aromatic rings. The lowest BCUT2D eigenvalue weighted by atomic mass is 10.0. The van der Waals surface area contributed by atoms with Crippen molar-refractivity contribution < 1.29 is 9.53 Å². The summed E-state index contributed by atoms with van der Waals surface area (Å²) < 4.78 is 5.84. The van der Waals surface area contributed by atoms with E-state index in [0.29, 0.717) is 46.5 Å². The second kappa shape index (κ2) is 7.88. The van der Waals surface area contributed by atoms with Crippen molar-refractivity contribution in [2.75, 3.05) is 19.7 Å². The van der Waals surface area contributed by atoms with Crippen LogP contribution in [0.2, 0.25) is 0 Å². The van der Waals surface area contributed by atoms with E-state index in [-0.39, 0.29) is 17.6 Å². The van der Waals surface area contributed by atoms with Gasteiger partial charge in [-0.05, 0) is 31.7 Å². The Morgan fingerprint density at radius 2 is 2.19 bits per heavy atom. The van der Waals surface area contributed by atoms with Gasteiger partial charge in [0.2, 0.25) is 0 Å². The second-order valence-corrected chi connectivity index (χ2v) is 8.46. The minimum absolute atomic E-state index is 0.0142. The number of carbonyl (C=O) groups is 1. The maximum atomic E-state index is 13.1. The lowest BCUT2D eigenvalue weighted by molar-refractivity contribution is -0.0258. The lowest BCUT2D eigenvalue weighted by Gasteiger charge is -2.33. The largest absolute Gasteiger partial charge is 0.375 e. The fraction of sp³-hybridized carbons (Fsp3) is 0.632. The predicted octanol–water partition coefficient (Wildman–Crippen LogP) is 3.27. The highest BCUT2D eigenvalue weighted by Crippen LogP contribution is 2.29. The minimum atomic E-state index is -0.172. The average Bonchev–Trinajstić information content (AvgIpc) is 2.90. The van der Waals surface area contributed by atoms with Crippen LogP contribution in [-0.4, -0.2) is 46.6 Å². The third-order valence-electron chi connectivity index (χ3n) is 4.85. The van der Waals surface area contributed by atoms with Crippen LogP contribution in [0, 0.1) is 19.8 Å². The Hall–Kier alpha value is -1.73. The number of fused-ring (bicyclic) bond motifs is 1. The van der Waals surface area contributed by atoms with E-state index in [2.05, 4.69) is 23.8 Å². The molecule has 1 amide bonds. The smallest absolute Gasteiger partial charge is 0.264 e. The van der Waals surface area contributed by atoms with Gasteiger partial charge in [0.15, 0.2) is 0 Å². The van der Waals surface area contributed by atoms with Gasteiger partial charge in [0.05, 0.1) is 23.0 Å². The first-order valence-electron chi connectivity index (χ1n) is 9.27. The Labute approximate surface area is 157 Å². The number of thiophene rings is 1. The molecule has 1 aliphatic heterocycles. The first-order chi connectivity index (χ1) is 12.4. The number of H-pyrrole nitrogens is 1. The highest BCUT2D eigenvalue weighted by Gasteiger charge is 2.28. The summed E-state index contributed by atoms with van der Waals surface area (Å²) in [6.07, 6.45) is 3.38. The SMILES string of the molecule is Cc1nc2sc(C(=O)N3CCO[C@H](CCCC(C)C)C3)c(C)c2c(=O)[nH]1. The van der Waals surface area contributed by atoms with Gasteiger partial charge >= 0.3 is 0 Å². The highest BCUT2D eigenvalue weighted by atomic mass is 32.1. The van der Waals surface area contributed by atoms with Gasteiger partial charge in [-0.3, -0.25) is 9.59 Å². The Morgan fingerprint density at radius 3 is 2.92 bits per heavy atom. The molecular weight excluding hydrogens is 350 g/mol. The molecule has 26 heavy (non-hydrogen) atoms. The highest BCUT2D eigenvalue weighted by molar-refractivity contribution is 7.20. The van der Waals surface area contributed by atoms with Crippen LogP contribution in [0.5, 0.6) is 0 Å². The van der Waals surface area contributed by atoms with Crippen molar-refractivity contribution in [2.24, 2.45) is 5.92 Å². The number of hydrogen-bond donors (Lipinski definition) is 1. The fourth-order valence-electron chi connectivity index (χ4n) is 3.43. The van der Waals surface area contributed by atoms with Crippen molar-refractivity contribution in [3.63, 3.8) is 0 Å². The fourth-order valence-corrected chi connectivity index (χ4v) is 4.63. The molecule has 1 N–H and O–H groups in total. The van der Waals surface area contributed by atoms with Crippen molar-refractivity contribution in [1.29, 1.82) is 0 Å². The number of carbonyl (C=O) groups excluding carboxylic acids is 1. The quantitative estimate of drug-likeness (QED) is 0.868. The molecule has 0 unspecified atom stereocenters. The number of aromatic amines is 1. The van der Waals surface area contributed by atoms with Gasteiger partial charge in [-0.15, -0.1) is 11.3 Å². The van der Waals surface area contributed by atoms with E-state index in [0.717, 1.165) is 18.4 Å². The van der Waals surface area contributed by atoms with Crippen LogP contribution in [0.15, 0.2) is 4.79 Å². The van der Waals surface area contributed by atoms with Crippen LogP contribution in [0.4, 0.5) is 0 Å². The summed E-state index contributed by atoms with van der Waals surface area (Å²) in [7, 11) is 0. The monoisotopic (exact) mass is 377 g/mol. The molecule has 0 saturated carbocycles. The third kappa shape index (κ3) is 3.99. The number of ether oxygens (including phenoxy) is 1. The molecule has 1 aliphatic rings. The number of rotatable bonds is 5. The molecule has 1 fully saturated rings. The standard InChI is InChI=1S/C19H27N3O3S/c1-11(2)6-5-7-14-10-22(8-9-25-14)19(24)16-12(3)15-17(23)20-13(4)21-18(15)26-16/h11,14H,5-10H2,1-4H3,(H,20,21,23)/t14-/m1/s1. The molecule has 142 valence electrons. The molecule has 6 nitrogen and oxygen atoms in total. The number of hydrogen-bond acceptors (Lipinski definition) is 5. The summed E-state index contributed by atoms with van der Waals surface area (Å²) in [5.41, 5.74) is 0.556. The molecule has 0 aromatic carbocycles. The predicted molar refractivity (Wildman–Crippen MR) is 104 cm³/mol. The second-order valence-electron chi connectivity index (χ2n) is 7.46. The Morgan fingerprint density at radius 1 is 1.42 bits per heavy atom. The molecule has 3 rings (SSSR count). The van der Waals surface area contributed by atoms with Crippen LogP contribution in [-0.2, 0) is 4.74 Å². The van der Waals surface area contributed by atoms with Crippen molar-refractivity contribution in [3.05, 3.63) is 26.6 Å². The summed E-state index contributed by atoms with van der Waals surface area (Å²) in [6, 6.07) is 0. The maximum absolute atomic E-state index is 13.1. The number of aryl methyl sites for hydroxylation is 2. The minimum Gasteiger partial charge on any atom is -0.375 e. The van der Waals surface area contributed by atoms with Crippen LogP contribution in [0.3, 0.4) is 0 Å². The number of aromatic nitrogens is 2. The van der Waals surface area contributed by atoms with Crippen LogP contribution in [0.1, 0.15) is 54.2 Å². The first kappa shape index (κ1) is 19.0. The molecule has 0 aliphatic carbocycles. The van der Waals surface area contributed by atoms with E-state index in [4.69, 9.17) is 4.74 Å². The van der Waals surface area contributed by atoms with Crippen LogP contribution < -0.4 is 5.56 Å². The topological polar surface area (TPSA) is 75.3 Å². The number of morpholine rings is 1. The van der Waals surface area contributed by atoms with E-state index in [9.17, 15) is 9.59 Å². The Kier molecular flexibility index (Phi) is 5.77. The molecule has 0 spiro atoms. The van der Waals surface area contributed by atoms with Crippen molar-refractivity contribution in [3.8, 4) is 0 Å². The Balaban J connectivity index is 1.76. The lowest BCUT2D eigenvalue weighted by Crippen LogP contribution is -2.45. The molecule has 3 heterocycles. The van der Waals surface area contributed by atoms with E-state index >= 15 is 0 Å². The summed E-state index contributed by atoms with van der Waals surface area (Å²) in [6.45, 7) is 9.81. The summed E-state index contributed by atoms with van der Waals surface area (Å²) in [4.78, 5) is 35.5. The van der Waals surface area contributed by atoms with Crippen molar-refractivity contribution >= 4 is 27.5 Å². The Bertz CT molecular complexity index is 856. The summed E-state index contributed by atoms with van der Waals surface area (Å²) >= 11 is 1.31. The number of nitrogens with one attached hydrogen (secondary N) is 1. The summed E-state index contributed by atoms with van der Waals surface area (Å²) in [5, 5.41) is 0.533. The maximum Gasteiger partial charge on any atom is 0.264 e. The van der Waals surface area contributed by atoms with E-state index in [1.54, 1.807) is 6.92 Å². The normalized spacial score (nSPS) is 18.0. The average molecular weight is 378 g/mol. The zero-order chi connectivity index (χ0) is 18.8. The van der Waals surface area contributed by atoms with Gasteiger partial charge in [0.25, 0.3) is 11.5 Å². The van der Waals surface area contributed by atoms with Gasteiger partial charge in [0, 0.05) is 13.1 Å². The molecular formula is C19H27N3O3S. The number of nitrogens with zero attached hydrogens (tertiary/aromatic N) is 2. The third-order valence-corrected chi connectivity index (χ3v) is 6.02. The van der Waals surface area contributed by atoms with Gasteiger partial charge in [-0.2, -0.15) is 0 Å². The van der Waals surface area contributed by atoms with E-state index < -0.39 is 0 Å². The van der Waals surface area contributed by atoms with E-state index in [1.165, 1.54) is 17.8 Å². The zero-order valence-corrected chi connectivity index (χ0v) is 16.7. The van der Waals surface area contributed by atoms with Gasteiger partial charge in [0.1, 0.15) is 10.7 Å². The summed E-state index contributed by atoms with van der Waals surface area (Å²) in [5.74, 6) is 1.24. The van der Waals surface area contributed by atoms with Crippen LogP contribution in [0.25, 0.3) is 10.2 Å². The number of amides is 1. The first-order valence-corrected chi connectivity index (χ1v) is 10.1. The molecule has 2 aromatic heterocycles. The molecule has 1 saturated heterocycles. The molecule has 0 radical (unpaired) electrons. The van der Waals surface area contributed by atoms with Gasteiger partial charge < -0.3 is 14.6 Å². The molecule has 7 heteroatoms. The molecule has 1 atom stereocenters. The van der Waals surface area contributed by atoms with Crippen molar-refractivity contribution in [1.82, 2.24) is 14.9 Å². The van der Waals surface area contributed by atoms with Gasteiger partial charge in [-0.25, -0.2) is 4.98 Å². The zero-order valence-electron chi connectivity index (χ0n) is 15.9. The van der Waals surface area contributed by atoms with Crippen molar-refractivity contribution in [2.45, 2.75) is 53.1 Å². The van der Waals surface area contributed by atoms with Gasteiger partial charge in [-0.1, -0.05) is 26.7 Å². The van der Waals surface area contributed by atoms with E-state index in [1.807, 2.05) is 11.8 Å².